The number of thiazole rings is 1. The van der Waals surface area contributed by atoms with Crippen LogP contribution in [0.5, 0.6) is 0 Å². The first-order chi connectivity index (χ1) is 9.74. The molecule has 1 unspecified atom stereocenters. The maximum atomic E-state index is 5.18. The highest BCUT2D eigenvalue weighted by Gasteiger charge is 2.10. The molecule has 0 saturated carbocycles. The molecule has 20 heavy (non-hydrogen) atoms. The van der Waals surface area contributed by atoms with Crippen LogP contribution in [0, 0.1) is 0 Å². The third-order valence-electron chi connectivity index (χ3n) is 3.15. The number of hydrogen-bond donors (Lipinski definition) is 1. The average molecular weight is 290 g/mol. The van der Waals surface area contributed by atoms with E-state index >= 15 is 0 Å². The number of hydrogen-bond acceptors (Lipinski definition) is 4. The molecule has 0 fully saturated rings. The van der Waals surface area contributed by atoms with Crippen molar-refractivity contribution in [1.82, 2.24) is 10.3 Å². The van der Waals surface area contributed by atoms with Gasteiger partial charge in [0.25, 0.3) is 0 Å². The van der Waals surface area contributed by atoms with Crippen LogP contribution in [-0.2, 0) is 11.3 Å². The second kappa shape index (κ2) is 7.53. The predicted octanol–water partition coefficient (Wildman–Crippen LogP) is 4.02. The molecule has 1 aromatic heterocycles. The van der Waals surface area contributed by atoms with E-state index < -0.39 is 0 Å². The summed E-state index contributed by atoms with van der Waals surface area (Å²) in [4.78, 5) is 4.75. The zero-order valence-electron chi connectivity index (χ0n) is 12.3. The van der Waals surface area contributed by atoms with E-state index in [2.05, 4.69) is 48.8 Å². The van der Waals surface area contributed by atoms with E-state index in [1.54, 1.807) is 18.4 Å². The summed E-state index contributed by atoms with van der Waals surface area (Å²) in [5.74, 6) is 0. The third-order valence-corrected chi connectivity index (χ3v) is 4.06. The van der Waals surface area contributed by atoms with Crippen molar-refractivity contribution < 1.29 is 4.74 Å². The molecule has 0 aliphatic heterocycles. The molecule has 108 valence electrons. The summed E-state index contributed by atoms with van der Waals surface area (Å²) in [6.07, 6.45) is 1.14. The van der Waals surface area contributed by atoms with Crippen molar-refractivity contribution >= 4 is 11.3 Å². The Morgan fingerprint density at radius 3 is 3.00 bits per heavy atom. The summed E-state index contributed by atoms with van der Waals surface area (Å²) in [6, 6.07) is 8.70. The number of methoxy groups -OCH3 is 1. The standard InChI is InChI=1S/C16H22N2OS/c1-4-8-17-12(2)15-11-20-16(18-15)14-7-5-6-13(9-14)10-19-3/h5-7,9,11-12,17H,4,8,10H2,1-3H3. The first-order valence-electron chi connectivity index (χ1n) is 7.01. The highest BCUT2D eigenvalue weighted by atomic mass is 32.1. The first kappa shape index (κ1) is 15.2. The molecular formula is C16H22N2OS. The zero-order chi connectivity index (χ0) is 14.4. The molecule has 3 nitrogen and oxygen atoms in total. The second-order valence-corrected chi connectivity index (χ2v) is 5.74. The van der Waals surface area contributed by atoms with Crippen molar-refractivity contribution in [3.8, 4) is 10.6 Å². The van der Waals surface area contributed by atoms with Gasteiger partial charge in [0.15, 0.2) is 0 Å². The molecule has 2 rings (SSSR count). The van der Waals surface area contributed by atoms with Gasteiger partial charge in [-0.2, -0.15) is 0 Å². The zero-order valence-corrected chi connectivity index (χ0v) is 13.2. The largest absolute Gasteiger partial charge is 0.380 e. The number of rotatable bonds is 7. The van der Waals surface area contributed by atoms with Crippen molar-refractivity contribution in [2.75, 3.05) is 13.7 Å². The molecule has 0 aliphatic carbocycles. The Kier molecular flexibility index (Phi) is 5.71. The fraction of sp³-hybridized carbons (Fsp3) is 0.438. The SMILES string of the molecule is CCCNC(C)c1csc(-c2cccc(COC)c2)n1. The van der Waals surface area contributed by atoms with Gasteiger partial charge in [-0.05, 0) is 31.5 Å². The van der Waals surface area contributed by atoms with Gasteiger partial charge in [-0.25, -0.2) is 4.98 Å². The maximum Gasteiger partial charge on any atom is 0.123 e. The fourth-order valence-corrected chi connectivity index (χ4v) is 2.95. The van der Waals surface area contributed by atoms with Gasteiger partial charge in [0.2, 0.25) is 0 Å². The van der Waals surface area contributed by atoms with Crippen LogP contribution in [0.2, 0.25) is 0 Å². The Labute approximate surface area is 125 Å². The molecule has 4 heteroatoms. The minimum absolute atomic E-state index is 0.308. The summed E-state index contributed by atoms with van der Waals surface area (Å²) < 4.78 is 5.18. The number of ether oxygens (including phenoxy) is 1. The van der Waals surface area contributed by atoms with E-state index in [1.807, 2.05) is 0 Å². The van der Waals surface area contributed by atoms with Gasteiger partial charge in [-0.3, -0.25) is 0 Å². The van der Waals surface area contributed by atoms with E-state index in [0.717, 1.165) is 23.7 Å². The Bertz CT molecular complexity index is 539. The van der Waals surface area contributed by atoms with E-state index in [4.69, 9.17) is 9.72 Å². The molecule has 1 N–H and O–H groups in total. The van der Waals surface area contributed by atoms with Crippen LogP contribution in [0.4, 0.5) is 0 Å². The van der Waals surface area contributed by atoms with Crippen LogP contribution in [0.3, 0.4) is 0 Å². The molecule has 1 atom stereocenters. The van der Waals surface area contributed by atoms with Gasteiger partial charge in [-0.15, -0.1) is 11.3 Å². The highest BCUT2D eigenvalue weighted by molar-refractivity contribution is 7.13. The van der Waals surface area contributed by atoms with Crippen LogP contribution in [0.25, 0.3) is 10.6 Å². The number of nitrogens with zero attached hydrogens (tertiary/aromatic N) is 1. The molecular weight excluding hydrogens is 268 g/mol. The minimum Gasteiger partial charge on any atom is -0.380 e. The molecule has 0 spiro atoms. The van der Waals surface area contributed by atoms with Crippen molar-refractivity contribution in [3.63, 3.8) is 0 Å². The quantitative estimate of drug-likeness (QED) is 0.836. The van der Waals surface area contributed by atoms with Gasteiger partial charge < -0.3 is 10.1 Å². The normalized spacial score (nSPS) is 12.6. The fourth-order valence-electron chi connectivity index (χ4n) is 2.04. The number of nitrogens with one attached hydrogen (secondary N) is 1. The van der Waals surface area contributed by atoms with Gasteiger partial charge in [-0.1, -0.05) is 25.1 Å². The van der Waals surface area contributed by atoms with Gasteiger partial charge in [0.1, 0.15) is 5.01 Å². The Morgan fingerprint density at radius 2 is 2.25 bits per heavy atom. The smallest absolute Gasteiger partial charge is 0.123 e. The summed E-state index contributed by atoms with van der Waals surface area (Å²) in [6.45, 7) is 6.00. The van der Waals surface area contributed by atoms with Crippen LogP contribution < -0.4 is 5.32 Å². The lowest BCUT2D eigenvalue weighted by molar-refractivity contribution is 0.185. The molecule has 0 amide bonds. The monoisotopic (exact) mass is 290 g/mol. The minimum atomic E-state index is 0.308. The topological polar surface area (TPSA) is 34.1 Å². The lowest BCUT2D eigenvalue weighted by Gasteiger charge is -2.09. The second-order valence-electron chi connectivity index (χ2n) is 4.89. The van der Waals surface area contributed by atoms with Gasteiger partial charge in [0, 0.05) is 24.1 Å². The van der Waals surface area contributed by atoms with Gasteiger partial charge >= 0.3 is 0 Å². The molecule has 0 radical (unpaired) electrons. The summed E-state index contributed by atoms with van der Waals surface area (Å²) >= 11 is 1.70. The molecule has 1 aromatic carbocycles. The molecule has 0 saturated heterocycles. The van der Waals surface area contributed by atoms with Crippen molar-refractivity contribution in [1.29, 1.82) is 0 Å². The van der Waals surface area contributed by atoms with Crippen LogP contribution in [-0.4, -0.2) is 18.6 Å². The van der Waals surface area contributed by atoms with E-state index in [1.165, 1.54) is 11.1 Å². The van der Waals surface area contributed by atoms with Crippen LogP contribution >= 0.6 is 11.3 Å². The molecule has 1 heterocycles. The van der Waals surface area contributed by atoms with Gasteiger partial charge in [0.05, 0.1) is 12.3 Å². The first-order valence-corrected chi connectivity index (χ1v) is 7.89. The van der Waals surface area contributed by atoms with E-state index in [9.17, 15) is 0 Å². The number of aromatic nitrogens is 1. The van der Waals surface area contributed by atoms with E-state index in [-0.39, 0.29) is 0 Å². The lowest BCUT2D eigenvalue weighted by atomic mass is 10.1. The van der Waals surface area contributed by atoms with E-state index in [0.29, 0.717) is 12.6 Å². The summed E-state index contributed by atoms with van der Waals surface area (Å²) in [5.41, 5.74) is 3.47. The van der Waals surface area contributed by atoms with Crippen molar-refractivity contribution in [2.45, 2.75) is 32.9 Å². The number of benzene rings is 1. The predicted molar refractivity (Wildman–Crippen MR) is 85.0 cm³/mol. The molecule has 2 aromatic rings. The Morgan fingerprint density at radius 1 is 1.40 bits per heavy atom. The summed E-state index contributed by atoms with van der Waals surface area (Å²) in [5, 5.41) is 6.69. The Balaban J connectivity index is 2.13. The molecule has 0 bridgehead atoms. The molecule has 0 aliphatic rings. The maximum absolute atomic E-state index is 5.18. The van der Waals surface area contributed by atoms with Crippen molar-refractivity contribution in [3.05, 3.63) is 40.9 Å². The van der Waals surface area contributed by atoms with Crippen molar-refractivity contribution in [2.24, 2.45) is 0 Å². The van der Waals surface area contributed by atoms with Crippen LogP contribution in [0.15, 0.2) is 29.6 Å². The lowest BCUT2D eigenvalue weighted by Crippen LogP contribution is -2.19. The Hall–Kier alpha value is -1.23. The van der Waals surface area contributed by atoms with Crippen LogP contribution in [0.1, 0.15) is 37.6 Å². The third kappa shape index (κ3) is 3.88. The average Bonchev–Trinajstić information content (AvgIpc) is 2.95. The summed E-state index contributed by atoms with van der Waals surface area (Å²) in [7, 11) is 1.72. The highest BCUT2D eigenvalue weighted by Crippen LogP contribution is 2.27.